The summed E-state index contributed by atoms with van der Waals surface area (Å²) in [5.41, 5.74) is 0.361. The van der Waals surface area contributed by atoms with Crippen LogP contribution < -0.4 is 4.74 Å². The lowest BCUT2D eigenvalue weighted by molar-refractivity contribution is -0.136. The number of aryl methyl sites for hydroxylation is 1. The van der Waals surface area contributed by atoms with Gasteiger partial charge in [-0.05, 0) is 69.2 Å². The van der Waals surface area contributed by atoms with Gasteiger partial charge in [-0.3, -0.25) is 4.40 Å². The van der Waals surface area contributed by atoms with Crippen molar-refractivity contribution in [1.82, 2.24) is 9.38 Å². The van der Waals surface area contributed by atoms with Crippen LogP contribution in [0, 0.1) is 0 Å². The SMILES string of the molecule is CCc1nc2c(C(F)(F)F)cccn2c1-c1cccc(Oc2cccc(SCCC(C)(C)O)c2)c1. The number of thioether (sulfide) groups is 1. The molecule has 0 aliphatic carbocycles. The van der Waals surface area contributed by atoms with Crippen LogP contribution >= 0.6 is 11.8 Å². The Morgan fingerprint density at radius 3 is 2.40 bits per heavy atom. The van der Waals surface area contributed by atoms with Crippen molar-refractivity contribution >= 4 is 17.4 Å². The highest BCUT2D eigenvalue weighted by Crippen LogP contribution is 2.36. The number of hydrogen-bond donors (Lipinski definition) is 1. The number of aliphatic hydroxyl groups is 1. The van der Waals surface area contributed by atoms with Crippen molar-refractivity contribution in [2.24, 2.45) is 0 Å². The van der Waals surface area contributed by atoms with Crippen molar-refractivity contribution in [2.75, 3.05) is 5.75 Å². The largest absolute Gasteiger partial charge is 0.457 e. The van der Waals surface area contributed by atoms with E-state index in [4.69, 9.17) is 4.74 Å². The molecule has 2 heterocycles. The number of rotatable bonds is 8. The van der Waals surface area contributed by atoms with Crippen molar-refractivity contribution in [3.63, 3.8) is 0 Å². The van der Waals surface area contributed by atoms with Gasteiger partial charge in [0.05, 0.1) is 22.6 Å². The van der Waals surface area contributed by atoms with Gasteiger partial charge < -0.3 is 9.84 Å². The normalized spacial score (nSPS) is 12.3. The second kappa shape index (κ2) is 9.95. The van der Waals surface area contributed by atoms with Crippen LogP contribution in [0.25, 0.3) is 16.9 Å². The Bertz CT molecular complexity index is 1330. The lowest BCUT2D eigenvalue weighted by Gasteiger charge is -2.16. The Hall–Kier alpha value is -2.97. The summed E-state index contributed by atoms with van der Waals surface area (Å²) in [5, 5.41) is 9.91. The molecule has 8 heteroatoms. The van der Waals surface area contributed by atoms with Gasteiger partial charge in [-0.25, -0.2) is 4.98 Å². The molecule has 4 nitrogen and oxygen atoms in total. The van der Waals surface area contributed by atoms with E-state index in [9.17, 15) is 18.3 Å². The van der Waals surface area contributed by atoms with Crippen LogP contribution in [-0.2, 0) is 12.6 Å². The fraction of sp³-hybridized carbons (Fsp3) is 0.296. The molecular formula is C27H27F3N2O2S. The van der Waals surface area contributed by atoms with Gasteiger partial charge in [0, 0.05) is 22.4 Å². The second-order valence-electron chi connectivity index (χ2n) is 8.89. The van der Waals surface area contributed by atoms with E-state index in [-0.39, 0.29) is 5.65 Å². The molecule has 35 heavy (non-hydrogen) atoms. The summed E-state index contributed by atoms with van der Waals surface area (Å²) in [5.74, 6) is 2.00. The van der Waals surface area contributed by atoms with Crippen molar-refractivity contribution in [3.8, 4) is 22.8 Å². The standard InChI is InChI=1S/C27H27F3N2O2S/c1-4-23-24(32-14-7-12-22(25(32)31-23)27(28,29)30)18-8-5-9-19(16-18)34-20-10-6-11-21(17-20)35-15-13-26(2,3)33/h5-12,14,16-17,33H,4,13,15H2,1-3H3. The molecule has 184 valence electrons. The van der Waals surface area contributed by atoms with Gasteiger partial charge in [-0.15, -0.1) is 11.8 Å². The van der Waals surface area contributed by atoms with Gasteiger partial charge in [-0.1, -0.05) is 25.1 Å². The Morgan fingerprint density at radius 1 is 1.00 bits per heavy atom. The number of nitrogens with zero attached hydrogens (tertiary/aromatic N) is 2. The number of fused-ring (bicyclic) bond motifs is 1. The first-order valence-corrected chi connectivity index (χ1v) is 12.3. The van der Waals surface area contributed by atoms with Gasteiger partial charge >= 0.3 is 6.18 Å². The number of halogens is 3. The van der Waals surface area contributed by atoms with Crippen LogP contribution in [0.1, 0.15) is 38.4 Å². The third-order valence-electron chi connectivity index (χ3n) is 5.49. The molecule has 4 rings (SSSR count). The average molecular weight is 501 g/mol. The first-order chi connectivity index (χ1) is 16.5. The summed E-state index contributed by atoms with van der Waals surface area (Å²) < 4.78 is 48.3. The molecule has 0 saturated carbocycles. The van der Waals surface area contributed by atoms with E-state index in [0.717, 1.165) is 22.3 Å². The van der Waals surface area contributed by atoms with Crippen molar-refractivity contribution < 1.29 is 23.0 Å². The third kappa shape index (κ3) is 6.00. The van der Waals surface area contributed by atoms with E-state index in [0.29, 0.717) is 35.7 Å². The zero-order valence-corrected chi connectivity index (χ0v) is 20.6. The van der Waals surface area contributed by atoms with Crippen LogP contribution in [0.3, 0.4) is 0 Å². The monoisotopic (exact) mass is 500 g/mol. The lowest BCUT2D eigenvalue weighted by atomic mass is 10.1. The molecule has 2 aromatic carbocycles. The molecule has 0 bridgehead atoms. The average Bonchev–Trinajstić information content (AvgIpc) is 3.17. The number of aromatic nitrogens is 2. The fourth-order valence-electron chi connectivity index (χ4n) is 3.78. The van der Waals surface area contributed by atoms with E-state index in [1.165, 1.54) is 10.5 Å². The Balaban J connectivity index is 1.63. The quantitative estimate of drug-likeness (QED) is 0.253. The molecule has 0 saturated heterocycles. The number of benzene rings is 2. The Labute approximate surface area is 206 Å². The number of pyridine rings is 1. The smallest absolute Gasteiger partial charge is 0.419 e. The highest BCUT2D eigenvalue weighted by molar-refractivity contribution is 7.99. The predicted octanol–water partition coefficient (Wildman–Crippen LogP) is 7.63. The fourth-order valence-corrected chi connectivity index (χ4v) is 4.99. The highest BCUT2D eigenvalue weighted by atomic mass is 32.2. The zero-order chi connectivity index (χ0) is 25.2. The maximum Gasteiger partial charge on any atom is 0.419 e. The molecule has 0 aliphatic heterocycles. The first kappa shape index (κ1) is 25.1. The lowest BCUT2D eigenvalue weighted by Crippen LogP contribution is -2.18. The molecule has 0 spiro atoms. The molecule has 1 N–H and O–H groups in total. The number of ether oxygens (including phenoxy) is 1. The van der Waals surface area contributed by atoms with Crippen LogP contribution in [0.15, 0.2) is 71.8 Å². The molecule has 0 radical (unpaired) electrons. The first-order valence-electron chi connectivity index (χ1n) is 11.4. The highest BCUT2D eigenvalue weighted by Gasteiger charge is 2.34. The summed E-state index contributed by atoms with van der Waals surface area (Å²) in [6.45, 7) is 5.45. The Morgan fingerprint density at radius 2 is 1.71 bits per heavy atom. The summed E-state index contributed by atoms with van der Waals surface area (Å²) in [6, 6.07) is 17.4. The summed E-state index contributed by atoms with van der Waals surface area (Å²) >= 11 is 1.64. The van der Waals surface area contributed by atoms with Crippen LogP contribution in [0.2, 0.25) is 0 Å². The van der Waals surface area contributed by atoms with Gasteiger partial charge in [0.15, 0.2) is 0 Å². The van der Waals surface area contributed by atoms with Crippen molar-refractivity contribution in [1.29, 1.82) is 0 Å². The molecule has 4 aromatic rings. The van der Waals surface area contributed by atoms with Gasteiger partial charge in [0.2, 0.25) is 0 Å². The van der Waals surface area contributed by atoms with Crippen LogP contribution in [-0.4, -0.2) is 25.8 Å². The molecule has 0 amide bonds. The Kier molecular flexibility index (Phi) is 7.15. The minimum Gasteiger partial charge on any atom is -0.457 e. The predicted molar refractivity (Wildman–Crippen MR) is 133 cm³/mol. The molecule has 0 unspecified atom stereocenters. The summed E-state index contributed by atoms with van der Waals surface area (Å²) in [4.78, 5) is 5.35. The van der Waals surface area contributed by atoms with Crippen molar-refractivity contribution in [2.45, 2.75) is 50.3 Å². The zero-order valence-electron chi connectivity index (χ0n) is 19.8. The maximum atomic E-state index is 13.6. The summed E-state index contributed by atoms with van der Waals surface area (Å²) in [6.07, 6.45) is -1.73. The van der Waals surface area contributed by atoms with E-state index in [1.54, 1.807) is 31.8 Å². The number of alkyl halides is 3. The minimum atomic E-state index is -4.49. The number of hydrogen-bond acceptors (Lipinski definition) is 4. The van der Waals surface area contributed by atoms with E-state index in [1.807, 2.05) is 55.5 Å². The molecule has 0 aliphatic rings. The van der Waals surface area contributed by atoms with E-state index < -0.39 is 17.3 Å². The molecular weight excluding hydrogens is 473 g/mol. The molecule has 0 fully saturated rings. The van der Waals surface area contributed by atoms with E-state index >= 15 is 0 Å². The maximum absolute atomic E-state index is 13.6. The van der Waals surface area contributed by atoms with Crippen LogP contribution in [0.5, 0.6) is 11.5 Å². The van der Waals surface area contributed by atoms with Crippen molar-refractivity contribution in [3.05, 3.63) is 78.1 Å². The third-order valence-corrected chi connectivity index (χ3v) is 6.49. The van der Waals surface area contributed by atoms with Crippen LogP contribution in [0.4, 0.5) is 13.2 Å². The topological polar surface area (TPSA) is 46.8 Å². The number of imidazole rings is 1. The van der Waals surface area contributed by atoms with E-state index in [2.05, 4.69) is 4.98 Å². The second-order valence-corrected chi connectivity index (χ2v) is 10.1. The van der Waals surface area contributed by atoms with Gasteiger partial charge in [0.1, 0.15) is 17.1 Å². The van der Waals surface area contributed by atoms with Gasteiger partial charge in [0.25, 0.3) is 0 Å². The van der Waals surface area contributed by atoms with Gasteiger partial charge in [-0.2, -0.15) is 13.2 Å². The minimum absolute atomic E-state index is 0.103. The summed E-state index contributed by atoms with van der Waals surface area (Å²) in [7, 11) is 0. The molecule has 0 atom stereocenters. The molecule has 2 aromatic heterocycles.